The quantitative estimate of drug-likeness (QED) is 0.203. The van der Waals surface area contributed by atoms with Crippen molar-refractivity contribution in [3.05, 3.63) is 203 Å². The van der Waals surface area contributed by atoms with Crippen molar-refractivity contribution in [2.75, 3.05) is 38.0 Å². The Morgan fingerprint density at radius 1 is 0.447 bits per heavy atom. The number of likely N-dealkylation sites (N-methyl/N-ethyl adjacent to an activating group) is 2. The average molecular weight is 1070 g/mol. The average Bonchev–Trinajstić information content (AvgIpc) is 3.99. The molecule has 0 radical (unpaired) electrons. The molecular weight excluding hydrogens is 1000 g/mol. The zero-order valence-electron chi connectivity index (χ0n) is 44.3. The van der Waals surface area contributed by atoms with Crippen LogP contribution < -0.4 is 47.1 Å². The lowest BCUT2D eigenvalue weighted by atomic mass is 9.67. The zero-order valence-corrected chi connectivity index (χ0v) is 45.8. The molecule has 11 rings (SSSR count). The maximum atomic E-state index is 8.49. The molecule has 0 aromatic heterocycles. The molecule has 2 unspecified atom stereocenters. The lowest BCUT2D eigenvalue weighted by Gasteiger charge is -2.31. The van der Waals surface area contributed by atoms with Gasteiger partial charge in [0.05, 0.1) is 10.8 Å². The van der Waals surface area contributed by atoms with E-state index in [1.165, 1.54) is 143 Å². The van der Waals surface area contributed by atoms with E-state index in [4.69, 9.17) is 37.3 Å². The Hall–Kier alpha value is -5.74. The van der Waals surface area contributed by atoms with Crippen molar-refractivity contribution in [3.8, 4) is 0 Å². The fraction of sp³-hybridized carbons (Fsp3) is 0.355. The molecule has 4 aliphatic heterocycles. The number of rotatable bonds is 8. The van der Waals surface area contributed by atoms with E-state index >= 15 is 0 Å². The van der Waals surface area contributed by atoms with Gasteiger partial charge in [-0.3, -0.25) is 0 Å². The van der Waals surface area contributed by atoms with Gasteiger partial charge in [0.2, 0.25) is 11.4 Å². The summed E-state index contributed by atoms with van der Waals surface area (Å²) in [7, 11) is -0.818. The number of fused-ring (bicyclic) bond motifs is 6. The van der Waals surface area contributed by atoms with Gasteiger partial charge in [-0.15, -0.1) is 20.5 Å². The third-order valence-electron chi connectivity index (χ3n) is 17.4. The van der Waals surface area contributed by atoms with Gasteiger partial charge in [-0.05, 0) is 98.9 Å². The van der Waals surface area contributed by atoms with Crippen molar-refractivity contribution in [2.24, 2.45) is 0 Å². The molecule has 0 amide bonds. The van der Waals surface area contributed by atoms with Crippen LogP contribution in [0.5, 0.6) is 0 Å². The van der Waals surface area contributed by atoms with E-state index < -0.39 is 20.5 Å². The van der Waals surface area contributed by atoms with Gasteiger partial charge in [0.25, 0.3) is 0 Å². The summed E-state index contributed by atoms with van der Waals surface area (Å²) in [5.41, 5.74) is 19.4. The number of para-hydroxylation sites is 4. The van der Waals surface area contributed by atoms with Crippen LogP contribution >= 0.6 is 0 Å². The van der Waals surface area contributed by atoms with Crippen LogP contribution in [0.4, 0.5) is 22.7 Å². The van der Waals surface area contributed by atoms with Gasteiger partial charge in [0.1, 0.15) is 14.1 Å². The Bertz CT molecular complexity index is 2930. The monoisotopic (exact) mass is 1070 g/mol. The molecule has 0 saturated heterocycles. The van der Waals surface area contributed by atoms with Crippen molar-refractivity contribution in [1.82, 2.24) is 0 Å². The second-order valence-electron chi connectivity index (χ2n) is 21.8. The van der Waals surface area contributed by atoms with Gasteiger partial charge in [-0.25, -0.2) is 37.3 Å². The minimum atomic E-state index is -4.94. The third kappa shape index (κ3) is 10.7. The molecule has 5 aromatic carbocycles. The highest BCUT2D eigenvalue weighted by molar-refractivity contribution is 6.04. The Labute approximate surface area is 452 Å². The van der Waals surface area contributed by atoms with Crippen LogP contribution in [0.1, 0.15) is 111 Å². The molecule has 5 aromatic rings. The largest absolute Gasteiger partial charge is 0.347 e. The molecule has 2 spiro atoms. The summed E-state index contributed by atoms with van der Waals surface area (Å²) >= 11 is 0. The molecule has 4 heterocycles. The summed E-state index contributed by atoms with van der Waals surface area (Å²) < 4.78 is 72.9. The van der Waals surface area contributed by atoms with E-state index in [1.807, 2.05) is 0 Å². The van der Waals surface area contributed by atoms with Crippen molar-refractivity contribution in [1.29, 1.82) is 0 Å². The molecule has 2 atom stereocenters. The molecule has 0 bridgehead atoms. The second kappa shape index (κ2) is 21.6. The molecule has 2 saturated carbocycles. The minimum absolute atomic E-state index is 0.116. The SMILES string of the molecule is CN1C(=CC=CC2=[N+](C)c3ccccc3C23CCCCC3)C(C)(Cc2ccc(CC3(C)C(=CC=CC4=[N+](C)c5ccccc5C45CCCCC5)N(C)c4ccccc43)cc2)c2ccccc21.[O-][Cl+3]([O-])([O-])[O-].[O-][Cl+3]([O-])([O-])[O-]. The first-order valence-electron chi connectivity index (χ1n) is 26.3. The third-order valence-corrected chi connectivity index (χ3v) is 17.4. The Morgan fingerprint density at radius 3 is 1.09 bits per heavy atom. The summed E-state index contributed by atoms with van der Waals surface area (Å²) in [6.45, 7) is 4.92. The summed E-state index contributed by atoms with van der Waals surface area (Å²) in [6.07, 6.45) is 29.1. The summed E-state index contributed by atoms with van der Waals surface area (Å²) in [5.74, 6) is 0. The van der Waals surface area contributed by atoms with Crippen LogP contribution in [0.2, 0.25) is 0 Å². The number of hydrogen-bond acceptors (Lipinski definition) is 10. The van der Waals surface area contributed by atoms with Crippen LogP contribution in [0.25, 0.3) is 0 Å². The number of halogens is 2. The molecular formula is C62H68Cl2N4O8. The molecule has 12 nitrogen and oxygen atoms in total. The first-order valence-corrected chi connectivity index (χ1v) is 28.7. The van der Waals surface area contributed by atoms with Crippen molar-refractivity contribution >= 4 is 34.2 Å². The molecule has 14 heteroatoms. The van der Waals surface area contributed by atoms with Crippen molar-refractivity contribution in [2.45, 2.75) is 113 Å². The topological polar surface area (TPSA) is 197 Å². The standard InChI is InChI=1S/C62H68N4.2ClHO4/c1-59(47-23-9-13-27-51(47)63(3)55(59)31-21-33-57-61(39-17-7-18-40-61)49-25-11-15-29-53(49)65(57)5)43-45-35-37-46(38-36-45)44-60(2)48-24-10-14-28-52(48)64(4)56(60)32-22-34-58-62(41-19-8-20-42-62)50-26-12-16-30-54(50)66(58)6;2*2-1(3,4)5/h9-16,21-38H,7-8,17-20,39-44H2,1-6H3;2*(H,2,3,4,5)/q+2;;/p-2. The van der Waals surface area contributed by atoms with Crippen LogP contribution in [0, 0.1) is 20.5 Å². The Balaban J connectivity index is 0.000000648. The number of anilines is 2. The van der Waals surface area contributed by atoms with E-state index in [-0.39, 0.29) is 21.7 Å². The van der Waals surface area contributed by atoms with Crippen LogP contribution in [0.15, 0.2) is 169 Å². The van der Waals surface area contributed by atoms with Crippen LogP contribution in [0.3, 0.4) is 0 Å². The summed E-state index contributed by atoms with van der Waals surface area (Å²) in [4.78, 5) is 4.88. The normalized spacial score (nSPS) is 23.3. The first kappa shape index (κ1) is 55.0. The van der Waals surface area contributed by atoms with Crippen LogP contribution in [-0.4, -0.2) is 48.8 Å². The van der Waals surface area contributed by atoms with Crippen LogP contribution in [-0.2, 0) is 34.5 Å². The Kier molecular flexibility index (Phi) is 15.6. The molecule has 398 valence electrons. The summed E-state index contributed by atoms with van der Waals surface area (Å²) in [5, 5.41) is 0. The smallest absolute Gasteiger partial charge is 0.209 e. The summed E-state index contributed by atoms with van der Waals surface area (Å²) in [6, 6.07) is 46.0. The van der Waals surface area contributed by atoms with E-state index in [2.05, 4.69) is 219 Å². The lowest BCUT2D eigenvalue weighted by molar-refractivity contribution is -2.00. The molecule has 76 heavy (non-hydrogen) atoms. The predicted molar refractivity (Wildman–Crippen MR) is 277 cm³/mol. The molecule has 6 aliphatic rings. The maximum absolute atomic E-state index is 8.49. The molecule has 2 fully saturated rings. The lowest BCUT2D eigenvalue weighted by Crippen LogP contribution is -2.68. The van der Waals surface area contributed by atoms with Gasteiger partial charge >= 0.3 is 0 Å². The zero-order chi connectivity index (χ0) is 54.3. The highest BCUT2D eigenvalue weighted by Crippen LogP contribution is 2.53. The highest BCUT2D eigenvalue weighted by Gasteiger charge is 2.52. The molecule has 2 aliphatic carbocycles. The van der Waals surface area contributed by atoms with E-state index in [9.17, 15) is 0 Å². The highest BCUT2D eigenvalue weighted by atomic mass is 35.7. The molecule has 0 N–H and O–H groups in total. The maximum Gasteiger partial charge on any atom is 0.209 e. The number of hydrogen-bond donors (Lipinski definition) is 0. The second-order valence-corrected chi connectivity index (χ2v) is 23.3. The number of benzene rings is 5. The fourth-order valence-corrected chi connectivity index (χ4v) is 14.2. The van der Waals surface area contributed by atoms with Gasteiger partial charge < -0.3 is 9.80 Å². The van der Waals surface area contributed by atoms with E-state index in [1.54, 1.807) is 0 Å². The van der Waals surface area contributed by atoms with Gasteiger partial charge in [-0.2, -0.15) is 9.15 Å². The van der Waals surface area contributed by atoms with Crippen molar-refractivity contribution in [3.63, 3.8) is 0 Å². The van der Waals surface area contributed by atoms with Gasteiger partial charge in [-0.1, -0.05) is 148 Å². The van der Waals surface area contributed by atoms with Gasteiger partial charge in [0, 0.05) is 83.1 Å². The van der Waals surface area contributed by atoms with E-state index in [0.29, 0.717) is 0 Å². The number of allylic oxidation sites excluding steroid dienone is 8. The number of nitrogens with zero attached hydrogens (tertiary/aromatic N) is 4. The van der Waals surface area contributed by atoms with E-state index in [0.717, 1.165) is 12.8 Å². The first-order chi connectivity index (χ1) is 36.1. The minimum Gasteiger partial charge on any atom is -0.347 e. The Morgan fingerprint density at radius 2 is 0.750 bits per heavy atom. The van der Waals surface area contributed by atoms with Gasteiger partial charge in [0.15, 0.2) is 11.4 Å². The fourth-order valence-electron chi connectivity index (χ4n) is 14.2. The van der Waals surface area contributed by atoms with Crippen molar-refractivity contribution < 1.29 is 66.9 Å². The predicted octanol–water partition coefficient (Wildman–Crippen LogP) is 4.22.